The molecule has 220 valence electrons. The van der Waals surface area contributed by atoms with Crippen molar-refractivity contribution in [2.45, 2.75) is 110 Å². The number of aliphatic hydroxyl groups is 1. The highest BCUT2D eigenvalue weighted by Crippen LogP contribution is 2.72. The Hall–Kier alpha value is -2.55. The number of allylic oxidation sites excluding steroid dienone is 1. The molecule has 0 aliphatic heterocycles. The minimum Gasteiger partial charge on any atom is -0.457 e. The second-order valence-corrected chi connectivity index (χ2v) is 12.8. The summed E-state index contributed by atoms with van der Waals surface area (Å²) >= 11 is 0. The lowest BCUT2D eigenvalue weighted by atomic mass is 9.43. The molecule has 3 saturated carbocycles. The van der Waals surface area contributed by atoms with E-state index < -0.39 is 64.4 Å². The zero-order valence-electron chi connectivity index (χ0n) is 24.6. The lowest BCUT2D eigenvalue weighted by Crippen LogP contribution is -2.70. The molecule has 5 rings (SSSR count). The number of fused-ring (bicyclic) bond motifs is 6. The Morgan fingerprint density at radius 2 is 1.85 bits per heavy atom. The van der Waals surface area contributed by atoms with Crippen LogP contribution in [0.5, 0.6) is 0 Å². The number of nitrogens with zero attached hydrogens (tertiary/aromatic N) is 2. The average molecular weight is 559 g/mol. The molecule has 0 amide bonds. The van der Waals surface area contributed by atoms with Crippen molar-refractivity contribution >= 4 is 23.8 Å². The van der Waals surface area contributed by atoms with E-state index in [-0.39, 0.29) is 25.2 Å². The summed E-state index contributed by atoms with van der Waals surface area (Å²) < 4.78 is 31.2. The fourth-order valence-corrected chi connectivity index (χ4v) is 9.16. The summed E-state index contributed by atoms with van der Waals surface area (Å²) in [6, 6.07) is 0. The molecule has 1 aromatic heterocycles. The summed E-state index contributed by atoms with van der Waals surface area (Å²) in [6.45, 7) is 11.2. The standard InChI is InChI=1S/C31H43FN2O6/c1-7-26(37)39-17-25(36)31(40-27(38)8-2)18(4)12-22-21-11-10-20-13-23-19(16-33-34(23)9-3)14-28(20,5)30(21,32)24(35)15-29(22,31)6/h13,16,18,21-22,24,35H,7-12,14-15,17H2,1-6H3/t18-,21-,22-,24-,28-,29-,30-,31-/m0/s1. The average Bonchev–Trinajstić information content (AvgIpc) is 3.41. The van der Waals surface area contributed by atoms with Crippen LogP contribution in [-0.4, -0.2) is 56.6 Å². The Bertz CT molecular complexity index is 1260. The minimum atomic E-state index is -1.93. The fourth-order valence-electron chi connectivity index (χ4n) is 9.16. The van der Waals surface area contributed by atoms with Crippen LogP contribution in [0.15, 0.2) is 11.8 Å². The highest BCUT2D eigenvalue weighted by Gasteiger charge is 2.77. The first-order chi connectivity index (χ1) is 18.8. The second-order valence-electron chi connectivity index (χ2n) is 12.8. The van der Waals surface area contributed by atoms with Crippen LogP contribution in [0.3, 0.4) is 0 Å². The summed E-state index contributed by atoms with van der Waals surface area (Å²) in [5.74, 6) is -2.85. The summed E-state index contributed by atoms with van der Waals surface area (Å²) in [4.78, 5) is 38.7. The normalized spacial score (nSPS) is 39.8. The van der Waals surface area contributed by atoms with Crippen LogP contribution in [-0.2, 0) is 36.8 Å². The third-order valence-electron chi connectivity index (χ3n) is 11.1. The van der Waals surface area contributed by atoms with Gasteiger partial charge in [-0.15, -0.1) is 0 Å². The molecule has 1 heterocycles. The van der Waals surface area contributed by atoms with Crippen molar-refractivity contribution in [1.29, 1.82) is 0 Å². The molecular formula is C31H43FN2O6. The molecule has 0 saturated heterocycles. The smallest absolute Gasteiger partial charge is 0.306 e. The Balaban J connectivity index is 1.57. The lowest BCUT2D eigenvalue weighted by Gasteiger charge is -2.63. The first kappa shape index (κ1) is 29.0. The number of esters is 2. The number of hydrogen-bond acceptors (Lipinski definition) is 7. The van der Waals surface area contributed by atoms with E-state index in [1.54, 1.807) is 13.8 Å². The number of halogens is 1. The molecule has 3 fully saturated rings. The van der Waals surface area contributed by atoms with Gasteiger partial charge in [-0.1, -0.05) is 40.2 Å². The number of aryl methyl sites for hydroxylation is 1. The molecule has 0 unspecified atom stereocenters. The van der Waals surface area contributed by atoms with Crippen molar-refractivity contribution < 1.29 is 33.4 Å². The van der Waals surface area contributed by atoms with E-state index in [0.717, 1.165) is 23.4 Å². The molecule has 1 N–H and O–H groups in total. The van der Waals surface area contributed by atoms with Gasteiger partial charge in [-0.2, -0.15) is 5.10 Å². The van der Waals surface area contributed by atoms with E-state index in [1.807, 2.05) is 38.6 Å². The number of aromatic nitrogens is 2. The van der Waals surface area contributed by atoms with Gasteiger partial charge in [0.05, 0.1) is 18.0 Å². The van der Waals surface area contributed by atoms with Gasteiger partial charge < -0.3 is 14.6 Å². The van der Waals surface area contributed by atoms with Gasteiger partial charge in [0.25, 0.3) is 0 Å². The quantitative estimate of drug-likeness (QED) is 0.487. The zero-order chi connectivity index (χ0) is 29.3. The highest BCUT2D eigenvalue weighted by molar-refractivity contribution is 5.93. The van der Waals surface area contributed by atoms with Crippen molar-refractivity contribution in [3.63, 3.8) is 0 Å². The number of carbonyl (C=O) groups is 3. The van der Waals surface area contributed by atoms with Crippen LogP contribution in [0.4, 0.5) is 4.39 Å². The van der Waals surface area contributed by atoms with Crippen molar-refractivity contribution in [1.82, 2.24) is 9.78 Å². The number of Topliss-reactive ketones (excluding diaryl/α,β-unsaturated/α-hetero) is 1. The van der Waals surface area contributed by atoms with Gasteiger partial charge in [0.1, 0.15) is 5.67 Å². The van der Waals surface area contributed by atoms with Crippen molar-refractivity contribution in [2.75, 3.05) is 6.61 Å². The molecule has 0 spiro atoms. The van der Waals surface area contributed by atoms with Crippen LogP contribution >= 0.6 is 0 Å². The van der Waals surface area contributed by atoms with Gasteiger partial charge in [0.2, 0.25) is 5.78 Å². The Morgan fingerprint density at radius 1 is 1.15 bits per heavy atom. The molecular weight excluding hydrogens is 515 g/mol. The Kier molecular flexibility index (Phi) is 7.08. The molecule has 0 bridgehead atoms. The molecule has 1 aromatic rings. The first-order valence-electron chi connectivity index (χ1n) is 14.9. The van der Waals surface area contributed by atoms with E-state index in [4.69, 9.17) is 9.47 Å². The Morgan fingerprint density at radius 3 is 2.50 bits per heavy atom. The summed E-state index contributed by atoms with van der Waals surface area (Å²) in [6.07, 6.45) is 4.76. The second kappa shape index (κ2) is 9.78. The molecule has 40 heavy (non-hydrogen) atoms. The maximum atomic E-state index is 18.0. The maximum Gasteiger partial charge on any atom is 0.306 e. The largest absolute Gasteiger partial charge is 0.457 e. The van der Waals surface area contributed by atoms with Gasteiger partial charge in [-0.05, 0) is 56.6 Å². The van der Waals surface area contributed by atoms with Crippen molar-refractivity contribution in [3.8, 4) is 0 Å². The fraction of sp³-hybridized carbons (Fsp3) is 0.742. The maximum absolute atomic E-state index is 18.0. The van der Waals surface area contributed by atoms with E-state index in [9.17, 15) is 19.5 Å². The van der Waals surface area contributed by atoms with Crippen LogP contribution in [0.1, 0.15) is 91.3 Å². The SMILES string of the molecule is CCC(=O)OCC(=O)[C@@]1(OC(=O)CC)[C@@H](C)C[C@H]2[C@@H]3CCC4=Cc5c(cnn5CC)C[C@]4(C)[C@@]3(F)[C@@H](O)C[C@@]21C. The molecule has 0 aromatic carbocycles. The van der Waals surface area contributed by atoms with Gasteiger partial charge >= 0.3 is 11.9 Å². The summed E-state index contributed by atoms with van der Waals surface area (Å²) in [5, 5.41) is 16.4. The third-order valence-corrected chi connectivity index (χ3v) is 11.1. The van der Waals surface area contributed by atoms with Crippen LogP contribution in [0, 0.1) is 28.6 Å². The van der Waals surface area contributed by atoms with Crippen LogP contribution in [0.25, 0.3) is 6.08 Å². The predicted molar refractivity (Wildman–Crippen MR) is 146 cm³/mol. The third kappa shape index (κ3) is 3.64. The van der Waals surface area contributed by atoms with E-state index >= 15 is 4.39 Å². The monoisotopic (exact) mass is 558 g/mol. The van der Waals surface area contributed by atoms with Crippen molar-refractivity contribution in [3.05, 3.63) is 23.0 Å². The molecule has 4 aliphatic carbocycles. The molecule has 8 atom stereocenters. The molecule has 9 heteroatoms. The predicted octanol–water partition coefficient (Wildman–Crippen LogP) is 4.61. The summed E-state index contributed by atoms with van der Waals surface area (Å²) in [5.41, 5.74) is -2.54. The number of aliphatic hydroxyl groups excluding tert-OH is 1. The number of rotatable bonds is 7. The van der Waals surface area contributed by atoms with Crippen molar-refractivity contribution in [2.24, 2.45) is 28.6 Å². The zero-order valence-corrected chi connectivity index (χ0v) is 24.6. The number of ketones is 1. The summed E-state index contributed by atoms with van der Waals surface area (Å²) in [7, 11) is 0. The molecule has 4 aliphatic rings. The minimum absolute atomic E-state index is 0.0383. The number of hydrogen-bond donors (Lipinski definition) is 1. The van der Waals surface area contributed by atoms with E-state index in [0.29, 0.717) is 25.7 Å². The molecule has 0 radical (unpaired) electrons. The molecule has 8 nitrogen and oxygen atoms in total. The number of alkyl halides is 1. The number of ether oxygens (including phenoxy) is 2. The first-order valence-corrected chi connectivity index (χ1v) is 14.9. The Labute approximate surface area is 235 Å². The van der Waals surface area contributed by atoms with E-state index in [2.05, 4.69) is 11.2 Å². The van der Waals surface area contributed by atoms with Gasteiger partial charge in [0.15, 0.2) is 12.2 Å². The highest BCUT2D eigenvalue weighted by atomic mass is 19.1. The van der Waals surface area contributed by atoms with Gasteiger partial charge in [-0.25, -0.2) is 4.39 Å². The van der Waals surface area contributed by atoms with Gasteiger partial charge in [0, 0.05) is 42.1 Å². The van der Waals surface area contributed by atoms with E-state index in [1.165, 1.54) is 0 Å². The van der Waals surface area contributed by atoms with Crippen LogP contribution in [0.2, 0.25) is 0 Å². The topological polar surface area (TPSA) is 108 Å². The number of carbonyl (C=O) groups excluding carboxylic acids is 3. The lowest BCUT2D eigenvalue weighted by molar-refractivity contribution is -0.234. The van der Waals surface area contributed by atoms with Crippen LogP contribution < -0.4 is 0 Å². The van der Waals surface area contributed by atoms with Gasteiger partial charge in [-0.3, -0.25) is 19.1 Å².